The standard InChI is InChI=1S/C31H27N3O7/c35-27(8-3-15-33-28(36)23-6-1-2-7-24(23)29(33)37)32-19-9-11-20(12-10-19)41-21-13-14-25-26(17-21)31(39)34(30(25)38)18-22-5-4-16-40-22/h1-2,6-7,9-14,17,22H,3-5,8,15-16,18H2,(H,32,35). The number of nitrogens with zero attached hydrogens (tertiary/aromatic N) is 2. The summed E-state index contributed by atoms with van der Waals surface area (Å²) in [6, 6.07) is 18.2. The number of imide groups is 2. The van der Waals surface area contributed by atoms with Crippen molar-refractivity contribution in [3.63, 3.8) is 0 Å². The average molecular weight is 554 g/mol. The summed E-state index contributed by atoms with van der Waals surface area (Å²) in [6.45, 7) is 1.05. The Balaban J connectivity index is 1.00. The highest BCUT2D eigenvalue weighted by Crippen LogP contribution is 2.31. The molecule has 3 heterocycles. The SMILES string of the molecule is O=C(CCCN1C(=O)c2ccccc2C1=O)Nc1ccc(Oc2ccc3c(c2)C(=O)N(CC2CCCO2)C3=O)cc1. The minimum Gasteiger partial charge on any atom is -0.457 e. The van der Waals surface area contributed by atoms with E-state index < -0.39 is 0 Å². The average Bonchev–Trinajstić information content (AvgIpc) is 3.64. The molecule has 10 heteroatoms. The highest BCUT2D eigenvalue weighted by atomic mass is 16.5. The fourth-order valence-corrected chi connectivity index (χ4v) is 5.30. The number of hydrogen-bond acceptors (Lipinski definition) is 7. The quantitative estimate of drug-likeness (QED) is 0.393. The van der Waals surface area contributed by atoms with Gasteiger partial charge in [0.25, 0.3) is 23.6 Å². The zero-order valence-corrected chi connectivity index (χ0v) is 22.1. The van der Waals surface area contributed by atoms with Crippen LogP contribution < -0.4 is 10.1 Å². The maximum absolute atomic E-state index is 12.9. The first-order valence-electron chi connectivity index (χ1n) is 13.5. The number of hydrogen-bond donors (Lipinski definition) is 1. The summed E-state index contributed by atoms with van der Waals surface area (Å²) in [5.74, 6) is -0.697. The number of fused-ring (bicyclic) bond motifs is 2. The van der Waals surface area contributed by atoms with Crippen molar-refractivity contribution in [3.8, 4) is 11.5 Å². The Morgan fingerprint density at radius 1 is 0.805 bits per heavy atom. The van der Waals surface area contributed by atoms with Gasteiger partial charge in [0.2, 0.25) is 5.91 Å². The summed E-state index contributed by atoms with van der Waals surface area (Å²) in [7, 11) is 0. The predicted octanol–water partition coefficient (Wildman–Crippen LogP) is 4.27. The summed E-state index contributed by atoms with van der Waals surface area (Å²) in [5, 5.41) is 2.80. The molecule has 208 valence electrons. The van der Waals surface area contributed by atoms with Gasteiger partial charge in [0.1, 0.15) is 11.5 Å². The summed E-state index contributed by atoms with van der Waals surface area (Å²) >= 11 is 0. The third-order valence-electron chi connectivity index (χ3n) is 7.39. The van der Waals surface area contributed by atoms with E-state index in [-0.39, 0.29) is 55.2 Å². The van der Waals surface area contributed by atoms with Gasteiger partial charge in [-0.3, -0.25) is 33.8 Å². The zero-order chi connectivity index (χ0) is 28.5. The smallest absolute Gasteiger partial charge is 0.261 e. The molecule has 5 amide bonds. The Labute approximate surface area is 235 Å². The Morgan fingerprint density at radius 2 is 1.44 bits per heavy atom. The van der Waals surface area contributed by atoms with Crippen molar-refractivity contribution in [3.05, 3.63) is 89.0 Å². The monoisotopic (exact) mass is 553 g/mol. The molecule has 3 aliphatic heterocycles. The second-order valence-electron chi connectivity index (χ2n) is 10.1. The van der Waals surface area contributed by atoms with Crippen molar-refractivity contribution in [1.29, 1.82) is 0 Å². The predicted molar refractivity (Wildman–Crippen MR) is 147 cm³/mol. The fourth-order valence-electron chi connectivity index (χ4n) is 5.30. The van der Waals surface area contributed by atoms with Crippen LogP contribution >= 0.6 is 0 Å². The zero-order valence-electron chi connectivity index (χ0n) is 22.1. The second kappa shape index (κ2) is 11.0. The number of benzene rings is 3. The van der Waals surface area contributed by atoms with E-state index in [9.17, 15) is 24.0 Å². The lowest BCUT2D eigenvalue weighted by molar-refractivity contribution is -0.116. The van der Waals surface area contributed by atoms with E-state index in [1.54, 1.807) is 66.7 Å². The van der Waals surface area contributed by atoms with E-state index in [1.807, 2.05) is 0 Å². The lowest BCUT2D eigenvalue weighted by Gasteiger charge is -2.17. The van der Waals surface area contributed by atoms with Gasteiger partial charge >= 0.3 is 0 Å². The molecule has 41 heavy (non-hydrogen) atoms. The molecule has 10 nitrogen and oxygen atoms in total. The van der Waals surface area contributed by atoms with Gasteiger partial charge in [-0.15, -0.1) is 0 Å². The van der Waals surface area contributed by atoms with Gasteiger partial charge < -0.3 is 14.8 Å². The maximum Gasteiger partial charge on any atom is 0.261 e. The van der Waals surface area contributed by atoms with Crippen LogP contribution in [0.2, 0.25) is 0 Å². The van der Waals surface area contributed by atoms with Crippen LogP contribution in [0.15, 0.2) is 66.7 Å². The van der Waals surface area contributed by atoms with Crippen LogP contribution in [0.4, 0.5) is 5.69 Å². The maximum atomic E-state index is 12.9. The van der Waals surface area contributed by atoms with Crippen molar-refractivity contribution in [2.24, 2.45) is 0 Å². The van der Waals surface area contributed by atoms with E-state index in [0.717, 1.165) is 12.8 Å². The van der Waals surface area contributed by atoms with Gasteiger partial charge in [-0.05, 0) is 73.9 Å². The Bertz CT molecular complexity index is 1530. The molecule has 3 aliphatic rings. The Hall–Kier alpha value is -4.83. The largest absolute Gasteiger partial charge is 0.457 e. The topological polar surface area (TPSA) is 122 Å². The van der Waals surface area contributed by atoms with E-state index in [4.69, 9.17) is 9.47 Å². The molecule has 0 bridgehead atoms. The number of rotatable bonds is 9. The van der Waals surface area contributed by atoms with Gasteiger partial charge in [-0.2, -0.15) is 0 Å². The van der Waals surface area contributed by atoms with Crippen LogP contribution in [0.25, 0.3) is 0 Å². The van der Waals surface area contributed by atoms with Gasteiger partial charge in [-0.1, -0.05) is 12.1 Å². The first-order chi connectivity index (χ1) is 19.9. The van der Waals surface area contributed by atoms with Gasteiger partial charge in [-0.25, -0.2) is 0 Å². The molecule has 1 saturated heterocycles. The number of carbonyl (C=O) groups excluding carboxylic acids is 5. The number of carbonyl (C=O) groups is 5. The summed E-state index contributed by atoms with van der Waals surface area (Å²) in [6.07, 6.45) is 2.10. The molecule has 0 aromatic heterocycles. The summed E-state index contributed by atoms with van der Waals surface area (Å²) in [4.78, 5) is 65.4. The summed E-state index contributed by atoms with van der Waals surface area (Å²) < 4.78 is 11.5. The first-order valence-corrected chi connectivity index (χ1v) is 13.5. The third-order valence-corrected chi connectivity index (χ3v) is 7.39. The van der Waals surface area contributed by atoms with Gasteiger partial charge in [0.05, 0.1) is 34.9 Å². The van der Waals surface area contributed by atoms with Crippen molar-refractivity contribution < 1.29 is 33.4 Å². The lowest BCUT2D eigenvalue weighted by atomic mass is 10.1. The van der Waals surface area contributed by atoms with Crippen molar-refractivity contribution in [1.82, 2.24) is 9.80 Å². The van der Waals surface area contributed by atoms with Crippen molar-refractivity contribution in [2.75, 3.05) is 25.0 Å². The first kappa shape index (κ1) is 26.4. The second-order valence-corrected chi connectivity index (χ2v) is 10.1. The highest BCUT2D eigenvalue weighted by Gasteiger charge is 2.38. The highest BCUT2D eigenvalue weighted by molar-refractivity contribution is 6.22. The molecule has 1 N–H and O–H groups in total. The number of anilines is 1. The molecule has 0 saturated carbocycles. The third kappa shape index (κ3) is 5.21. The molecule has 0 radical (unpaired) electrons. The fraction of sp³-hybridized carbons (Fsp3) is 0.258. The van der Waals surface area contributed by atoms with Gasteiger partial charge in [0, 0.05) is 25.3 Å². The lowest BCUT2D eigenvalue weighted by Crippen LogP contribution is -2.36. The summed E-state index contributed by atoms with van der Waals surface area (Å²) in [5.41, 5.74) is 1.99. The van der Waals surface area contributed by atoms with E-state index in [0.29, 0.717) is 52.5 Å². The van der Waals surface area contributed by atoms with E-state index in [1.165, 1.54) is 9.80 Å². The molecule has 0 aliphatic carbocycles. The molecule has 1 atom stereocenters. The van der Waals surface area contributed by atoms with Crippen LogP contribution in [0.5, 0.6) is 11.5 Å². The normalized spacial score (nSPS) is 17.7. The number of nitrogens with one attached hydrogen (secondary N) is 1. The van der Waals surface area contributed by atoms with Gasteiger partial charge in [0.15, 0.2) is 0 Å². The molecule has 1 unspecified atom stereocenters. The van der Waals surface area contributed by atoms with Crippen molar-refractivity contribution >= 4 is 35.2 Å². The van der Waals surface area contributed by atoms with E-state index >= 15 is 0 Å². The molecule has 0 spiro atoms. The van der Waals surface area contributed by atoms with Crippen LogP contribution in [0.3, 0.4) is 0 Å². The number of amides is 5. The van der Waals surface area contributed by atoms with Crippen LogP contribution in [0.1, 0.15) is 67.1 Å². The molecular formula is C31H27N3O7. The van der Waals surface area contributed by atoms with Crippen LogP contribution in [0, 0.1) is 0 Å². The molecular weight excluding hydrogens is 526 g/mol. The molecule has 1 fully saturated rings. The van der Waals surface area contributed by atoms with Crippen LogP contribution in [-0.2, 0) is 9.53 Å². The van der Waals surface area contributed by atoms with Crippen molar-refractivity contribution in [2.45, 2.75) is 31.8 Å². The minimum absolute atomic E-state index is 0.122. The Morgan fingerprint density at radius 3 is 2.12 bits per heavy atom. The molecule has 3 aromatic rings. The minimum atomic E-state index is -0.355. The van der Waals surface area contributed by atoms with E-state index in [2.05, 4.69) is 5.32 Å². The van der Waals surface area contributed by atoms with Crippen LogP contribution in [-0.4, -0.2) is 65.1 Å². The molecule has 6 rings (SSSR count). The Kier molecular flexibility index (Phi) is 7.07. The molecule has 3 aromatic carbocycles. The number of ether oxygens (including phenoxy) is 2.